The standard InChI is InChI=1S/C20H19BrN2O5/c1-3-27-18(25)16-17(22)28-14-7-9(2)6-13(24)15(14)20(16)11-8-10(21)4-5-12(11)23-19(20)26/h4-5,8-9H,3,6-7,22H2,1-2H3,(H,23,26)/t9-,20+/m0/s1. The highest BCUT2D eigenvalue weighted by atomic mass is 79.9. The molecule has 8 heteroatoms. The molecule has 4 rings (SSSR count). The molecule has 3 aliphatic rings. The van der Waals surface area contributed by atoms with Crippen molar-refractivity contribution < 1.29 is 23.9 Å². The maximum atomic E-state index is 13.4. The molecule has 1 aromatic carbocycles. The number of rotatable bonds is 2. The lowest BCUT2D eigenvalue weighted by Crippen LogP contribution is -2.49. The lowest BCUT2D eigenvalue weighted by Gasteiger charge is -2.39. The number of esters is 1. The monoisotopic (exact) mass is 446 g/mol. The van der Waals surface area contributed by atoms with E-state index < -0.39 is 17.3 Å². The summed E-state index contributed by atoms with van der Waals surface area (Å²) >= 11 is 3.42. The molecule has 1 aliphatic carbocycles. The number of nitrogens with two attached hydrogens (primary N) is 1. The third kappa shape index (κ3) is 2.44. The van der Waals surface area contributed by atoms with Crippen LogP contribution in [0.1, 0.15) is 32.3 Å². The van der Waals surface area contributed by atoms with Crippen LogP contribution < -0.4 is 11.1 Å². The number of benzene rings is 1. The fraction of sp³-hybridized carbons (Fsp3) is 0.350. The van der Waals surface area contributed by atoms with Gasteiger partial charge in [0.05, 0.1) is 12.2 Å². The minimum absolute atomic E-state index is 0.0479. The van der Waals surface area contributed by atoms with Gasteiger partial charge in [0.15, 0.2) is 5.78 Å². The maximum absolute atomic E-state index is 13.4. The summed E-state index contributed by atoms with van der Waals surface area (Å²) in [4.78, 5) is 39.4. The number of hydrogen-bond acceptors (Lipinski definition) is 6. The number of carbonyl (C=O) groups is 3. The van der Waals surface area contributed by atoms with E-state index in [9.17, 15) is 14.4 Å². The summed E-state index contributed by atoms with van der Waals surface area (Å²) in [6.45, 7) is 3.68. The number of Topliss-reactive ketones (excluding diaryl/α,β-unsaturated/α-hetero) is 1. The zero-order chi connectivity index (χ0) is 20.2. The number of ketones is 1. The number of allylic oxidation sites excluding steroid dienone is 1. The van der Waals surface area contributed by atoms with Gasteiger partial charge in [0.1, 0.15) is 16.7 Å². The summed E-state index contributed by atoms with van der Waals surface area (Å²) in [6.07, 6.45) is 0.715. The molecule has 3 N–H and O–H groups in total. The first kappa shape index (κ1) is 18.7. The zero-order valence-corrected chi connectivity index (χ0v) is 17.0. The second-order valence-corrected chi connectivity index (χ2v) is 8.11. The average molecular weight is 447 g/mol. The Bertz CT molecular complexity index is 996. The molecule has 2 heterocycles. The molecule has 1 spiro atoms. The van der Waals surface area contributed by atoms with Crippen LogP contribution in [-0.4, -0.2) is 24.3 Å². The average Bonchev–Trinajstić information content (AvgIpc) is 2.87. The largest absolute Gasteiger partial charge is 0.462 e. The molecular weight excluding hydrogens is 428 g/mol. The van der Waals surface area contributed by atoms with Gasteiger partial charge in [-0.25, -0.2) is 4.79 Å². The Morgan fingerprint density at radius 1 is 1.39 bits per heavy atom. The van der Waals surface area contributed by atoms with Crippen LogP contribution in [0.3, 0.4) is 0 Å². The topological polar surface area (TPSA) is 108 Å². The number of nitrogens with one attached hydrogen (secondary N) is 1. The highest BCUT2D eigenvalue weighted by molar-refractivity contribution is 9.10. The quantitative estimate of drug-likeness (QED) is 0.676. The Labute approximate surface area is 170 Å². The Kier molecular flexibility index (Phi) is 4.33. The fourth-order valence-corrected chi connectivity index (χ4v) is 4.66. The van der Waals surface area contributed by atoms with Crippen molar-refractivity contribution in [3.05, 3.63) is 51.0 Å². The van der Waals surface area contributed by atoms with E-state index in [1.807, 2.05) is 6.92 Å². The molecule has 1 amide bonds. The molecular formula is C20H19BrN2O5. The van der Waals surface area contributed by atoms with Crippen molar-refractivity contribution in [1.29, 1.82) is 0 Å². The lowest BCUT2D eigenvalue weighted by molar-refractivity contribution is -0.141. The predicted molar refractivity (Wildman–Crippen MR) is 104 cm³/mol. The molecule has 2 atom stereocenters. The minimum Gasteiger partial charge on any atom is -0.462 e. The highest BCUT2D eigenvalue weighted by Gasteiger charge is 2.62. The van der Waals surface area contributed by atoms with E-state index >= 15 is 0 Å². The van der Waals surface area contributed by atoms with Crippen molar-refractivity contribution in [2.75, 3.05) is 11.9 Å². The summed E-state index contributed by atoms with van der Waals surface area (Å²) in [7, 11) is 0. The van der Waals surface area contributed by atoms with Crippen LogP contribution in [0, 0.1) is 5.92 Å². The van der Waals surface area contributed by atoms with Gasteiger partial charge in [-0.2, -0.15) is 0 Å². The Morgan fingerprint density at radius 3 is 2.86 bits per heavy atom. The first-order chi connectivity index (χ1) is 13.3. The summed E-state index contributed by atoms with van der Waals surface area (Å²) < 4.78 is 11.6. The SMILES string of the molecule is CCOC(=O)C1=C(N)OC2=C(C(=O)C[C@H](C)C2)[C@@]12C(=O)Nc1ccc(Br)cc12. The lowest BCUT2D eigenvalue weighted by atomic mass is 9.64. The molecule has 0 unspecified atom stereocenters. The Hall–Kier alpha value is -2.61. The molecule has 0 saturated carbocycles. The van der Waals surface area contributed by atoms with E-state index in [0.29, 0.717) is 27.9 Å². The summed E-state index contributed by atoms with van der Waals surface area (Å²) in [5.74, 6) is -1.33. The van der Waals surface area contributed by atoms with Crippen LogP contribution in [0.2, 0.25) is 0 Å². The van der Waals surface area contributed by atoms with Crippen LogP contribution in [0.4, 0.5) is 5.69 Å². The third-order valence-corrected chi connectivity index (χ3v) is 5.80. The van der Waals surface area contributed by atoms with Crippen molar-refractivity contribution in [3.63, 3.8) is 0 Å². The Balaban J connectivity index is 2.08. The number of fused-ring (bicyclic) bond motifs is 3. The number of ether oxygens (including phenoxy) is 2. The second-order valence-electron chi connectivity index (χ2n) is 7.19. The van der Waals surface area contributed by atoms with Gasteiger partial charge in [-0.1, -0.05) is 22.9 Å². The van der Waals surface area contributed by atoms with Gasteiger partial charge >= 0.3 is 5.97 Å². The van der Waals surface area contributed by atoms with Gasteiger partial charge in [0, 0.05) is 28.6 Å². The van der Waals surface area contributed by atoms with Gasteiger partial charge in [0.25, 0.3) is 0 Å². The number of anilines is 1. The number of carbonyl (C=O) groups excluding carboxylic acids is 3. The van der Waals surface area contributed by atoms with Crippen LogP contribution >= 0.6 is 15.9 Å². The van der Waals surface area contributed by atoms with Crippen LogP contribution in [0.5, 0.6) is 0 Å². The molecule has 1 aromatic rings. The van der Waals surface area contributed by atoms with Crippen molar-refractivity contribution >= 4 is 39.3 Å². The number of hydrogen-bond donors (Lipinski definition) is 2. The van der Waals surface area contributed by atoms with E-state index in [0.717, 1.165) is 0 Å². The van der Waals surface area contributed by atoms with E-state index in [2.05, 4.69) is 21.2 Å². The smallest absolute Gasteiger partial charge is 0.341 e. The number of halogens is 1. The molecule has 0 bridgehead atoms. The molecule has 7 nitrogen and oxygen atoms in total. The van der Waals surface area contributed by atoms with Crippen LogP contribution in [-0.2, 0) is 29.3 Å². The molecule has 146 valence electrons. The summed E-state index contributed by atoms with van der Waals surface area (Å²) in [5, 5.41) is 2.80. The van der Waals surface area contributed by atoms with Crippen molar-refractivity contribution in [1.82, 2.24) is 0 Å². The van der Waals surface area contributed by atoms with E-state index in [-0.39, 0.29) is 41.8 Å². The van der Waals surface area contributed by atoms with E-state index in [1.54, 1.807) is 25.1 Å². The third-order valence-electron chi connectivity index (χ3n) is 5.31. The number of amides is 1. The van der Waals surface area contributed by atoms with E-state index in [1.165, 1.54) is 0 Å². The molecule has 0 saturated heterocycles. The first-order valence-electron chi connectivity index (χ1n) is 9.04. The van der Waals surface area contributed by atoms with Crippen LogP contribution in [0.15, 0.2) is 45.5 Å². The van der Waals surface area contributed by atoms with Gasteiger partial charge in [-0.15, -0.1) is 0 Å². The maximum Gasteiger partial charge on any atom is 0.341 e. The van der Waals surface area contributed by atoms with Crippen molar-refractivity contribution in [2.24, 2.45) is 11.7 Å². The van der Waals surface area contributed by atoms with Gasteiger partial charge < -0.3 is 20.5 Å². The Morgan fingerprint density at radius 2 is 2.14 bits per heavy atom. The van der Waals surface area contributed by atoms with Gasteiger partial charge in [0.2, 0.25) is 11.8 Å². The van der Waals surface area contributed by atoms with Gasteiger partial charge in [-0.05, 0) is 31.0 Å². The zero-order valence-electron chi connectivity index (χ0n) is 15.4. The molecule has 28 heavy (non-hydrogen) atoms. The molecule has 0 fully saturated rings. The highest BCUT2D eigenvalue weighted by Crippen LogP contribution is 2.55. The second kappa shape index (κ2) is 6.48. The summed E-state index contributed by atoms with van der Waals surface area (Å²) in [5.41, 5.74) is 5.49. The fourth-order valence-electron chi connectivity index (χ4n) is 4.30. The molecule has 2 aliphatic heterocycles. The van der Waals surface area contributed by atoms with E-state index in [4.69, 9.17) is 15.2 Å². The van der Waals surface area contributed by atoms with Crippen molar-refractivity contribution in [3.8, 4) is 0 Å². The van der Waals surface area contributed by atoms with Gasteiger partial charge in [-0.3, -0.25) is 9.59 Å². The molecule has 0 radical (unpaired) electrons. The normalized spacial score (nSPS) is 26.0. The first-order valence-corrected chi connectivity index (χ1v) is 9.83. The minimum atomic E-state index is -1.68. The van der Waals surface area contributed by atoms with Crippen LogP contribution in [0.25, 0.3) is 0 Å². The molecule has 0 aromatic heterocycles. The summed E-state index contributed by atoms with van der Waals surface area (Å²) in [6, 6.07) is 5.21. The predicted octanol–water partition coefficient (Wildman–Crippen LogP) is 2.66. The van der Waals surface area contributed by atoms with Crippen molar-refractivity contribution in [2.45, 2.75) is 32.1 Å².